The summed E-state index contributed by atoms with van der Waals surface area (Å²) >= 11 is 0. The number of rotatable bonds is 19. The largest absolute Gasteiger partial charge is 0.468 e. The number of carbonyl (C=O) groups excluding carboxylic acids is 7. The van der Waals surface area contributed by atoms with Crippen LogP contribution < -0.4 is 5.32 Å². The van der Waals surface area contributed by atoms with Crippen LogP contribution in [0.15, 0.2) is 0 Å². The van der Waals surface area contributed by atoms with Crippen molar-refractivity contribution in [2.24, 2.45) is 45.3 Å². The van der Waals surface area contributed by atoms with Gasteiger partial charge in [0, 0.05) is 52.9 Å². The maximum atomic E-state index is 12.9. The van der Waals surface area contributed by atoms with E-state index >= 15 is 0 Å². The molecule has 0 aromatic heterocycles. The first-order valence-electron chi connectivity index (χ1n) is 24.1. The molecule has 2 unspecified atom stereocenters. The summed E-state index contributed by atoms with van der Waals surface area (Å²) < 4.78 is 53.5. The number of carbonyl (C=O) groups is 7. The molecular formula is C50H81NO16. The smallest absolute Gasteiger partial charge is 0.323 e. The van der Waals surface area contributed by atoms with Gasteiger partial charge in [-0.15, -0.1) is 0 Å². The van der Waals surface area contributed by atoms with E-state index < -0.39 is 84.2 Å². The highest BCUT2D eigenvalue weighted by Crippen LogP contribution is 2.70. The summed E-state index contributed by atoms with van der Waals surface area (Å²) in [5.41, 5.74) is -2.13. The molecule has 0 aromatic carbocycles. The third-order valence-corrected chi connectivity index (χ3v) is 16.2. The van der Waals surface area contributed by atoms with Gasteiger partial charge in [0.25, 0.3) is 0 Å². The van der Waals surface area contributed by atoms with E-state index in [0.717, 1.165) is 52.4 Å². The highest BCUT2D eigenvalue weighted by Gasteiger charge is 2.65. The number of hydrogen-bond acceptors (Lipinski definition) is 17. The van der Waals surface area contributed by atoms with Crippen molar-refractivity contribution in [2.45, 2.75) is 203 Å². The molecule has 1 N–H and O–H groups in total. The van der Waals surface area contributed by atoms with Gasteiger partial charge in [0.1, 0.15) is 24.9 Å². The van der Waals surface area contributed by atoms with Gasteiger partial charge in [0.05, 0.1) is 19.3 Å². The minimum atomic E-state index is -1.46. The summed E-state index contributed by atoms with van der Waals surface area (Å²) in [6.07, 6.45) is -0.557. The first kappa shape index (κ1) is 55.8. The van der Waals surface area contributed by atoms with E-state index in [0.29, 0.717) is 31.7 Å². The molecule has 3 saturated carbocycles. The van der Waals surface area contributed by atoms with Crippen LogP contribution in [0.25, 0.3) is 0 Å². The molecule has 1 saturated heterocycles. The van der Waals surface area contributed by atoms with Crippen LogP contribution in [0.3, 0.4) is 0 Å². The molecule has 17 nitrogen and oxygen atoms in total. The normalized spacial score (nSPS) is 34.9. The molecule has 4 fully saturated rings. The SMILES string of the molecule is COC(=O)[C@@H](NCCC[C@](C)(O[C@H]1O[C@H](COC(C)=O)[C@@H](OC(C)=O)[C@H](OC(C)=O)[C@H]1OC(C)=O)C1CC[C@@](C)([C@]2(C)CCC3C(C)(C)[C@@H](OC(C)=O)CC[C@]3(C)C2)[C@@H]1COC(C)=O)C(C)C. The fourth-order valence-corrected chi connectivity index (χ4v) is 13.0. The Morgan fingerprint density at radius 2 is 1.27 bits per heavy atom. The van der Waals surface area contributed by atoms with Crippen molar-refractivity contribution in [3.63, 3.8) is 0 Å². The standard InChI is InChI=1S/C50H81NO16/c1-28(2)40(44(58)59-15)51-24-16-20-50(14,67-45-43(65-34(8)57)42(64-33(7)56)41(63-32(6)55)37(66-45)26-61-30(4)53)35-17-23-49(13,36(35)25-60-29(3)52)48(12)22-18-38-46(9,10)39(62-31(5)54)19-21-47(38,11)27-48/h28,35-43,45,51H,16-27H2,1-15H3/t35?,36-,37-,38?,39+,40+,41-,42+,43-,45-,47-,48-,49-,50+/m1/s1. The van der Waals surface area contributed by atoms with E-state index in [1.165, 1.54) is 34.8 Å². The molecule has 1 heterocycles. The highest BCUT2D eigenvalue weighted by molar-refractivity contribution is 5.76. The van der Waals surface area contributed by atoms with Crippen molar-refractivity contribution in [3.8, 4) is 0 Å². The molecule has 17 heteroatoms. The summed E-state index contributed by atoms with van der Waals surface area (Å²) in [4.78, 5) is 88.1. The van der Waals surface area contributed by atoms with Gasteiger partial charge < -0.3 is 47.9 Å². The lowest BCUT2D eigenvalue weighted by Crippen LogP contribution is -2.64. The van der Waals surface area contributed by atoms with Gasteiger partial charge in [-0.3, -0.25) is 33.6 Å². The van der Waals surface area contributed by atoms with Gasteiger partial charge in [-0.25, -0.2) is 0 Å². The Kier molecular flexibility index (Phi) is 18.5. The van der Waals surface area contributed by atoms with Crippen LogP contribution >= 0.6 is 0 Å². The monoisotopic (exact) mass is 952 g/mol. The molecule has 4 rings (SSSR count). The first-order valence-corrected chi connectivity index (χ1v) is 24.1. The topological polar surface area (TPSA) is 215 Å². The van der Waals surface area contributed by atoms with Gasteiger partial charge in [0.15, 0.2) is 24.6 Å². The Morgan fingerprint density at radius 1 is 0.701 bits per heavy atom. The Labute approximate surface area is 397 Å². The van der Waals surface area contributed by atoms with Crippen LogP contribution in [0, 0.1) is 45.3 Å². The van der Waals surface area contributed by atoms with Gasteiger partial charge in [-0.2, -0.15) is 0 Å². The zero-order chi connectivity index (χ0) is 50.4. The van der Waals surface area contributed by atoms with Crippen LogP contribution in [0.5, 0.6) is 0 Å². The summed E-state index contributed by atoms with van der Waals surface area (Å²) in [5, 5.41) is 3.35. The number of hydrogen-bond donors (Lipinski definition) is 1. The summed E-state index contributed by atoms with van der Waals surface area (Å²) in [6.45, 7) is 24.9. The third-order valence-electron chi connectivity index (χ3n) is 16.2. The molecule has 67 heavy (non-hydrogen) atoms. The second-order valence-corrected chi connectivity index (χ2v) is 21.7. The minimum absolute atomic E-state index is 0.0728. The maximum absolute atomic E-state index is 12.9. The second-order valence-electron chi connectivity index (χ2n) is 21.7. The lowest BCUT2D eigenvalue weighted by molar-refractivity contribution is -0.337. The van der Waals surface area contributed by atoms with E-state index in [2.05, 4.69) is 39.9 Å². The first-order chi connectivity index (χ1) is 31.0. The molecule has 1 aliphatic heterocycles. The van der Waals surface area contributed by atoms with Crippen LogP contribution in [-0.2, 0) is 76.2 Å². The van der Waals surface area contributed by atoms with Crippen molar-refractivity contribution in [1.82, 2.24) is 5.32 Å². The zero-order valence-electron chi connectivity index (χ0n) is 42.9. The summed E-state index contributed by atoms with van der Waals surface area (Å²) in [7, 11) is 1.35. The molecule has 0 aromatic rings. The number of methoxy groups -OCH3 is 1. The number of esters is 7. The van der Waals surface area contributed by atoms with Gasteiger partial charge in [0.2, 0.25) is 0 Å². The summed E-state index contributed by atoms with van der Waals surface area (Å²) in [5.74, 6) is -4.36. The third kappa shape index (κ3) is 12.9. The molecule has 0 amide bonds. The number of ether oxygens (including phenoxy) is 9. The predicted octanol–water partition coefficient (Wildman–Crippen LogP) is 6.57. The molecule has 382 valence electrons. The van der Waals surface area contributed by atoms with Crippen LogP contribution in [0.2, 0.25) is 0 Å². The van der Waals surface area contributed by atoms with E-state index in [4.69, 9.17) is 42.6 Å². The van der Waals surface area contributed by atoms with Crippen LogP contribution in [-0.4, -0.2) is 117 Å². The number of nitrogens with one attached hydrogen (secondary N) is 1. The Balaban J connectivity index is 1.84. The lowest BCUT2D eigenvalue weighted by atomic mass is 9.42. The molecule has 4 aliphatic rings. The summed E-state index contributed by atoms with van der Waals surface area (Å²) in [6, 6.07) is -0.575. The highest BCUT2D eigenvalue weighted by atomic mass is 16.7. The van der Waals surface area contributed by atoms with Crippen LogP contribution in [0.1, 0.15) is 155 Å². The van der Waals surface area contributed by atoms with E-state index in [1.807, 2.05) is 20.8 Å². The molecular weight excluding hydrogens is 871 g/mol. The van der Waals surface area contributed by atoms with Crippen molar-refractivity contribution in [2.75, 3.05) is 26.9 Å². The average molecular weight is 952 g/mol. The van der Waals surface area contributed by atoms with Crippen molar-refractivity contribution in [1.29, 1.82) is 0 Å². The van der Waals surface area contributed by atoms with Gasteiger partial charge in [-0.1, -0.05) is 48.5 Å². The second kappa shape index (κ2) is 22.3. The van der Waals surface area contributed by atoms with Crippen molar-refractivity contribution < 1.29 is 76.2 Å². The van der Waals surface area contributed by atoms with Gasteiger partial charge in [-0.05, 0) is 105 Å². The van der Waals surface area contributed by atoms with E-state index in [1.54, 1.807) is 0 Å². The molecule has 14 atom stereocenters. The molecule has 3 aliphatic carbocycles. The Hall–Kier alpha value is -3.83. The van der Waals surface area contributed by atoms with E-state index in [-0.39, 0.29) is 58.6 Å². The number of fused-ring (bicyclic) bond motifs is 1. The van der Waals surface area contributed by atoms with Gasteiger partial charge >= 0.3 is 41.8 Å². The maximum Gasteiger partial charge on any atom is 0.323 e. The van der Waals surface area contributed by atoms with Crippen molar-refractivity contribution in [3.05, 3.63) is 0 Å². The minimum Gasteiger partial charge on any atom is -0.468 e. The predicted molar refractivity (Wildman–Crippen MR) is 242 cm³/mol. The zero-order valence-corrected chi connectivity index (χ0v) is 42.9. The lowest BCUT2D eigenvalue weighted by Gasteiger charge is -2.63. The molecule has 0 radical (unpaired) electrons. The Morgan fingerprint density at radius 3 is 1.82 bits per heavy atom. The Bertz CT molecular complexity index is 1800. The van der Waals surface area contributed by atoms with E-state index in [9.17, 15) is 33.6 Å². The van der Waals surface area contributed by atoms with Crippen LogP contribution in [0.4, 0.5) is 0 Å². The molecule has 0 spiro atoms. The quantitative estimate of drug-likeness (QED) is 0.0823. The fraction of sp³-hybridized carbons (Fsp3) is 0.860. The molecule has 0 bridgehead atoms. The average Bonchev–Trinajstić information content (AvgIpc) is 3.56. The van der Waals surface area contributed by atoms with Crippen molar-refractivity contribution >= 4 is 41.8 Å². The fourth-order valence-electron chi connectivity index (χ4n) is 13.0.